The van der Waals surface area contributed by atoms with Crippen molar-refractivity contribution in [3.8, 4) is 5.88 Å². The molecule has 110 valence electrons. The van der Waals surface area contributed by atoms with E-state index >= 15 is 0 Å². The second-order valence-electron chi connectivity index (χ2n) is 5.05. The number of nitrogens with two attached hydrogens (primary N) is 1. The molecule has 20 heavy (non-hydrogen) atoms. The standard InChI is InChI=1S/C14H20N2O4/c1-8-6-10(7-9(2)19-8)20-13-11(15)4-5-12(16-13)14(17)18-3/h4-5,8-10H,6-7,15H2,1-3H3. The highest BCUT2D eigenvalue weighted by Crippen LogP contribution is 2.26. The van der Waals surface area contributed by atoms with Gasteiger partial charge in [-0.3, -0.25) is 0 Å². The Bertz CT molecular complexity index is 482. The Morgan fingerprint density at radius 3 is 2.60 bits per heavy atom. The summed E-state index contributed by atoms with van der Waals surface area (Å²) in [7, 11) is 1.31. The largest absolute Gasteiger partial charge is 0.473 e. The first-order valence-corrected chi connectivity index (χ1v) is 6.66. The summed E-state index contributed by atoms with van der Waals surface area (Å²) >= 11 is 0. The first kappa shape index (κ1) is 14.6. The second kappa shape index (κ2) is 6.09. The van der Waals surface area contributed by atoms with Crippen molar-refractivity contribution < 1.29 is 19.0 Å². The predicted molar refractivity (Wildman–Crippen MR) is 73.6 cm³/mol. The molecule has 1 fully saturated rings. The Hall–Kier alpha value is -1.82. The normalized spacial score (nSPS) is 26.1. The molecule has 1 saturated heterocycles. The van der Waals surface area contributed by atoms with Gasteiger partial charge in [-0.15, -0.1) is 0 Å². The number of ether oxygens (including phenoxy) is 3. The summed E-state index contributed by atoms with van der Waals surface area (Å²) in [6.45, 7) is 4.02. The quantitative estimate of drug-likeness (QED) is 0.850. The number of aromatic nitrogens is 1. The fourth-order valence-electron chi connectivity index (χ4n) is 2.36. The molecule has 0 spiro atoms. The number of methoxy groups -OCH3 is 1. The maximum absolute atomic E-state index is 11.5. The predicted octanol–water partition coefficient (Wildman–Crippen LogP) is 1.79. The molecular formula is C14H20N2O4. The van der Waals surface area contributed by atoms with Crippen molar-refractivity contribution in [3.05, 3.63) is 17.8 Å². The first-order chi connectivity index (χ1) is 9.49. The van der Waals surface area contributed by atoms with E-state index in [0.717, 1.165) is 12.8 Å². The van der Waals surface area contributed by atoms with Crippen LogP contribution in [-0.2, 0) is 9.47 Å². The highest BCUT2D eigenvalue weighted by atomic mass is 16.5. The smallest absolute Gasteiger partial charge is 0.356 e. The van der Waals surface area contributed by atoms with Crippen LogP contribution in [0.5, 0.6) is 5.88 Å². The summed E-state index contributed by atoms with van der Waals surface area (Å²) in [5.74, 6) is -0.234. The Morgan fingerprint density at radius 2 is 2.00 bits per heavy atom. The molecule has 0 aromatic carbocycles. The molecule has 1 aromatic rings. The number of nitrogen functional groups attached to an aromatic ring is 1. The number of carbonyl (C=O) groups excluding carboxylic acids is 1. The van der Waals surface area contributed by atoms with Gasteiger partial charge in [0.15, 0.2) is 5.69 Å². The van der Waals surface area contributed by atoms with Crippen LogP contribution in [0, 0.1) is 0 Å². The van der Waals surface area contributed by atoms with Gasteiger partial charge in [-0.05, 0) is 26.0 Å². The summed E-state index contributed by atoms with van der Waals surface area (Å²) in [6, 6.07) is 3.12. The van der Waals surface area contributed by atoms with Crippen LogP contribution in [0.4, 0.5) is 5.69 Å². The molecular weight excluding hydrogens is 260 g/mol. The van der Waals surface area contributed by atoms with Crippen LogP contribution in [0.2, 0.25) is 0 Å². The minimum absolute atomic E-state index is 0.0172. The van der Waals surface area contributed by atoms with Crippen molar-refractivity contribution >= 4 is 11.7 Å². The third-order valence-corrected chi connectivity index (χ3v) is 3.22. The maximum atomic E-state index is 11.5. The van der Waals surface area contributed by atoms with E-state index in [0.29, 0.717) is 5.69 Å². The van der Waals surface area contributed by atoms with Crippen LogP contribution < -0.4 is 10.5 Å². The molecule has 1 aromatic heterocycles. The Morgan fingerprint density at radius 1 is 1.35 bits per heavy atom. The average molecular weight is 280 g/mol. The molecule has 0 aliphatic carbocycles. The van der Waals surface area contributed by atoms with Gasteiger partial charge in [0.05, 0.1) is 25.0 Å². The highest BCUT2D eigenvalue weighted by Gasteiger charge is 2.27. The molecule has 6 nitrogen and oxygen atoms in total. The van der Waals surface area contributed by atoms with E-state index in [9.17, 15) is 4.79 Å². The number of hydrogen-bond donors (Lipinski definition) is 1. The van der Waals surface area contributed by atoms with Crippen LogP contribution in [-0.4, -0.2) is 36.4 Å². The number of anilines is 1. The van der Waals surface area contributed by atoms with Crippen molar-refractivity contribution in [3.63, 3.8) is 0 Å². The SMILES string of the molecule is COC(=O)c1ccc(N)c(OC2CC(C)OC(C)C2)n1. The van der Waals surface area contributed by atoms with Gasteiger partial charge < -0.3 is 19.9 Å². The zero-order valence-corrected chi connectivity index (χ0v) is 12.0. The van der Waals surface area contributed by atoms with Gasteiger partial charge >= 0.3 is 5.97 Å². The van der Waals surface area contributed by atoms with E-state index in [4.69, 9.17) is 15.2 Å². The van der Waals surface area contributed by atoms with E-state index in [1.807, 2.05) is 13.8 Å². The summed E-state index contributed by atoms with van der Waals surface area (Å²) in [6.07, 6.45) is 1.79. The lowest BCUT2D eigenvalue weighted by molar-refractivity contribution is -0.0728. The zero-order chi connectivity index (χ0) is 14.7. The van der Waals surface area contributed by atoms with Crippen molar-refractivity contribution in [1.82, 2.24) is 4.98 Å². The van der Waals surface area contributed by atoms with E-state index in [1.54, 1.807) is 6.07 Å². The lowest BCUT2D eigenvalue weighted by Gasteiger charge is -2.32. The average Bonchev–Trinajstić information content (AvgIpc) is 2.39. The van der Waals surface area contributed by atoms with Crippen LogP contribution in [0.1, 0.15) is 37.2 Å². The van der Waals surface area contributed by atoms with E-state index in [2.05, 4.69) is 9.72 Å². The van der Waals surface area contributed by atoms with Crippen LogP contribution in [0.15, 0.2) is 12.1 Å². The second-order valence-corrected chi connectivity index (χ2v) is 5.05. The van der Waals surface area contributed by atoms with E-state index in [1.165, 1.54) is 13.2 Å². The van der Waals surface area contributed by atoms with Crippen molar-refractivity contribution in [2.45, 2.75) is 45.0 Å². The number of esters is 1. The lowest BCUT2D eigenvalue weighted by atomic mass is 10.0. The fourth-order valence-corrected chi connectivity index (χ4v) is 2.36. The molecule has 2 atom stereocenters. The summed E-state index contributed by atoms with van der Waals surface area (Å²) in [5.41, 5.74) is 6.44. The van der Waals surface area contributed by atoms with Crippen LogP contribution >= 0.6 is 0 Å². The van der Waals surface area contributed by atoms with Gasteiger partial charge in [0.1, 0.15) is 6.10 Å². The Kier molecular flexibility index (Phi) is 4.44. The molecule has 2 unspecified atom stereocenters. The summed E-state index contributed by atoms with van der Waals surface area (Å²) in [5, 5.41) is 0. The molecule has 2 rings (SSSR count). The van der Waals surface area contributed by atoms with Gasteiger partial charge in [0, 0.05) is 12.8 Å². The molecule has 1 aliphatic heterocycles. The van der Waals surface area contributed by atoms with Crippen LogP contribution in [0.3, 0.4) is 0 Å². The number of nitrogens with zero attached hydrogens (tertiary/aromatic N) is 1. The number of hydrogen-bond acceptors (Lipinski definition) is 6. The molecule has 0 saturated carbocycles. The molecule has 2 heterocycles. The molecule has 0 amide bonds. The third kappa shape index (κ3) is 3.39. The number of carbonyl (C=O) groups is 1. The minimum atomic E-state index is -0.511. The summed E-state index contributed by atoms with van der Waals surface area (Å²) in [4.78, 5) is 15.6. The van der Waals surface area contributed by atoms with Gasteiger partial charge in [0.2, 0.25) is 5.88 Å². The molecule has 2 N–H and O–H groups in total. The number of rotatable bonds is 3. The molecule has 0 bridgehead atoms. The van der Waals surface area contributed by atoms with Crippen molar-refractivity contribution in [2.24, 2.45) is 0 Å². The number of pyridine rings is 1. The van der Waals surface area contributed by atoms with Crippen LogP contribution in [0.25, 0.3) is 0 Å². The van der Waals surface area contributed by atoms with Crippen molar-refractivity contribution in [1.29, 1.82) is 0 Å². The monoisotopic (exact) mass is 280 g/mol. The Labute approximate surface area is 118 Å². The van der Waals surface area contributed by atoms with Crippen molar-refractivity contribution in [2.75, 3.05) is 12.8 Å². The van der Waals surface area contributed by atoms with Gasteiger partial charge in [-0.1, -0.05) is 0 Å². The highest BCUT2D eigenvalue weighted by molar-refractivity contribution is 5.87. The van der Waals surface area contributed by atoms with Gasteiger partial charge in [0.25, 0.3) is 0 Å². The summed E-state index contributed by atoms with van der Waals surface area (Å²) < 4.78 is 16.1. The lowest BCUT2D eigenvalue weighted by Crippen LogP contribution is -2.36. The minimum Gasteiger partial charge on any atom is -0.473 e. The molecule has 6 heteroatoms. The zero-order valence-electron chi connectivity index (χ0n) is 12.0. The van der Waals surface area contributed by atoms with E-state index in [-0.39, 0.29) is 29.9 Å². The van der Waals surface area contributed by atoms with Gasteiger partial charge in [-0.25, -0.2) is 9.78 Å². The Balaban J connectivity index is 2.13. The van der Waals surface area contributed by atoms with E-state index < -0.39 is 5.97 Å². The van der Waals surface area contributed by atoms with Gasteiger partial charge in [-0.2, -0.15) is 0 Å². The maximum Gasteiger partial charge on any atom is 0.356 e. The molecule has 0 radical (unpaired) electrons. The molecule has 1 aliphatic rings. The fraction of sp³-hybridized carbons (Fsp3) is 0.571. The first-order valence-electron chi connectivity index (χ1n) is 6.66. The topological polar surface area (TPSA) is 83.7 Å². The third-order valence-electron chi connectivity index (χ3n) is 3.22.